The van der Waals surface area contributed by atoms with Crippen LogP contribution < -0.4 is 10.6 Å². The molecule has 0 bridgehead atoms. The third kappa shape index (κ3) is 6.68. The zero-order valence-electron chi connectivity index (χ0n) is 14.2. The maximum Gasteiger partial charge on any atom is 0.335 e. The molecule has 1 rings (SSSR count). The first kappa shape index (κ1) is 19.5. The Kier molecular flexibility index (Phi) is 8.32. The fourth-order valence-electron chi connectivity index (χ4n) is 2.19. The van der Waals surface area contributed by atoms with Crippen molar-refractivity contribution >= 4 is 17.9 Å². The van der Waals surface area contributed by atoms with Crippen molar-refractivity contribution in [3.63, 3.8) is 0 Å². The molecule has 3 amide bonds. The van der Waals surface area contributed by atoms with E-state index in [0.717, 1.165) is 5.56 Å². The summed E-state index contributed by atoms with van der Waals surface area (Å²) in [6.45, 7) is 6.01. The van der Waals surface area contributed by atoms with E-state index in [-0.39, 0.29) is 17.5 Å². The second kappa shape index (κ2) is 10.3. The third-order valence-electron chi connectivity index (χ3n) is 3.62. The van der Waals surface area contributed by atoms with Gasteiger partial charge in [-0.1, -0.05) is 12.1 Å². The molecule has 7 heteroatoms. The summed E-state index contributed by atoms with van der Waals surface area (Å²) in [6, 6.07) is 6.00. The van der Waals surface area contributed by atoms with Crippen LogP contribution in [0.25, 0.3) is 0 Å². The Hall–Kier alpha value is -2.57. The molecular formula is C17H25N3O4. The summed E-state index contributed by atoms with van der Waals surface area (Å²) < 4.78 is 0. The van der Waals surface area contributed by atoms with E-state index >= 15 is 0 Å². The number of urea groups is 1. The maximum atomic E-state index is 11.8. The lowest BCUT2D eigenvalue weighted by molar-refractivity contribution is -0.130. The van der Waals surface area contributed by atoms with E-state index < -0.39 is 5.97 Å². The van der Waals surface area contributed by atoms with Crippen molar-refractivity contribution in [3.05, 3.63) is 35.4 Å². The number of hydrogen-bond acceptors (Lipinski definition) is 3. The monoisotopic (exact) mass is 335 g/mol. The zero-order chi connectivity index (χ0) is 17.9. The summed E-state index contributed by atoms with van der Waals surface area (Å²) >= 11 is 0. The lowest BCUT2D eigenvalue weighted by atomic mass is 10.1. The van der Waals surface area contributed by atoms with Crippen molar-refractivity contribution < 1.29 is 19.5 Å². The molecule has 3 N–H and O–H groups in total. The smallest absolute Gasteiger partial charge is 0.335 e. The molecule has 0 aliphatic heterocycles. The summed E-state index contributed by atoms with van der Waals surface area (Å²) in [5.41, 5.74) is 1.02. The topological polar surface area (TPSA) is 98.7 Å². The SMILES string of the molecule is CCN(CC)C(=O)CCCNC(=O)NCc1ccc(C(=O)O)cc1. The van der Waals surface area contributed by atoms with Gasteiger partial charge in [-0.15, -0.1) is 0 Å². The Morgan fingerprint density at radius 3 is 2.21 bits per heavy atom. The third-order valence-corrected chi connectivity index (χ3v) is 3.62. The number of rotatable bonds is 9. The number of hydrogen-bond donors (Lipinski definition) is 3. The van der Waals surface area contributed by atoms with Gasteiger partial charge in [0.05, 0.1) is 5.56 Å². The van der Waals surface area contributed by atoms with Crippen LogP contribution in [0.5, 0.6) is 0 Å². The van der Waals surface area contributed by atoms with Gasteiger partial charge in [0, 0.05) is 32.6 Å². The van der Waals surface area contributed by atoms with Crippen LogP contribution in [0.4, 0.5) is 4.79 Å². The average Bonchev–Trinajstić information content (AvgIpc) is 2.58. The number of carbonyl (C=O) groups is 3. The minimum Gasteiger partial charge on any atom is -0.478 e. The molecule has 0 heterocycles. The Morgan fingerprint density at radius 2 is 1.67 bits per heavy atom. The van der Waals surface area contributed by atoms with E-state index in [2.05, 4.69) is 10.6 Å². The van der Waals surface area contributed by atoms with Crippen LogP contribution in [0.2, 0.25) is 0 Å². The van der Waals surface area contributed by atoms with Gasteiger partial charge >= 0.3 is 12.0 Å². The van der Waals surface area contributed by atoms with Crippen molar-refractivity contribution in [1.82, 2.24) is 15.5 Å². The summed E-state index contributed by atoms with van der Waals surface area (Å²) in [5, 5.41) is 14.2. The molecule has 0 fully saturated rings. The van der Waals surface area contributed by atoms with Gasteiger partial charge in [0.15, 0.2) is 0 Å². The highest BCUT2D eigenvalue weighted by Crippen LogP contribution is 2.04. The molecule has 132 valence electrons. The van der Waals surface area contributed by atoms with Crippen LogP contribution in [0.15, 0.2) is 24.3 Å². The van der Waals surface area contributed by atoms with Gasteiger partial charge in [-0.25, -0.2) is 9.59 Å². The van der Waals surface area contributed by atoms with Crippen molar-refractivity contribution in [1.29, 1.82) is 0 Å². The number of nitrogens with zero attached hydrogens (tertiary/aromatic N) is 1. The van der Waals surface area contributed by atoms with Crippen LogP contribution in [-0.2, 0) is 11.3 Å². The van der Waals surface area contributed by atoms with E-state index in [9.17, 15) is 14.4 Å². The van der Waals surface area contributed by atoms with Gasteiger partial charge in [0.2, 0.25) is 5.91 Å². The molecule has 0 aliphatic carbocycles. The Labute approximate surface area is 142 Å². The van der Waals surface area contributed by atoms with Gasteiger partial charge in [0.1, 0.15) is 0 Å². The molecule has 7 nitrogen and oxygen atoms in total. The molecule has 1 aromatic rings. The summed E-state index contributed by atoms with van der Waals surface area (Å²) in [5.74, 6) is -0.882. The summed E-state index contributed by atoms with van der Waals surface area (Å²) in [6.07, 6.45) is 1.01. The second-order valence-electron chi connectivity index (χ2n) is 5.28. The van der Waals surface area contributed by atoms with E-state index in [1.54, 1.807) is 17.0 Å². The molecule has 1 aromatic carbocycles. The molecule has 0 spiro atoms. The molecule has 0 saturated heterocycles. The normalized spacial score (nSPS) is 10.1. The van der Waals surface area contributed by atoms with Crippen molar-refractivity contribution in [2.75, 3.05) is 19.6 Å². The van der Waals surface area contributed by atoms with E-state index in [1.165, 1.54) is 12.1 Å². The lowest BCUT2D eigenvalue weighted by Crippen LogP contribution is -2.36. The van der Waals surface area contributed by atoms with E-state index in [4.69, 9.17) is 5.11 Å². The fourth-order valence-corrected chi connectivity index (χ4v) is 2.19. The predicted octanol–water partition coefficient (Wildman–Crippen LogP) is 1.83. The van der Waals surface area contributed by atoms with Gasteiger partial charge in [-0.05, 0) is 38.0 Å². The Morgan fingerprint density at radius 1 is 1.04 bits per heavy atom. The largest absolute Gasteiger partial charge is 0.478 e. The zero-order valence-corrected chi connectivity index (χ0v) is 14.2. The number of nitrogens with one attached hydrogen (secondary N) is 2. The molecule has 0 aromatic heterocycles. The molecule has 24 heavy (non-hydrogen) atoms. The van der Waals surface area contributed by atoms with Crippen LogP contribution >= 0.6 is 0 Å². The van der Waals surface area contributed by atoms with E-state index in [0.29, 0.717) is 39.0 Å². The number of carboxylic acid groups (broad SMARTS) is 1. The highest BCUT2D eigenvalue weighted by Gasteiger charge is 2.09. The molecule has 0 aliphatic rings. The molecule has 0 radical (unpaired) electrons. The number of amides is 3. The van der Waals surface area contributed by atoms with Gasteiger partial charge in [0.25, 0.3) is 0 Å². The van der Waals surface area contributed by atoms with Crippen LogP contribution in [0.3, 0.4) is 0 Å². The number of benzene rings is 1. The van der Waals surface area contributed by atoms with Crippen molar-refractivity contribution in [3.8, 4) is 0 Å². The van der Waals surface area contributed by atoms with Gasteiger partial charge in [-0.2, -0.15) is 0 Å². The summed E-state index contributed by atoms with van der Waals surface area (Å²) in [4.78, 5) is 36.0. The predicted molar refractivity (Wildman–Crippen MR) is 90.8 cm³/mol. The highest BCUT2D eigenvalue weighted by molar-refractivity contribution is 5.87. The first-order chi connectivity index (χ1) is 11.5. The number of carbonyl (C=O) groups excluding carboxylic acids is 2. The number of aromatic carboxylic acids is 1. The quantitative estimate of drug-likeness (QED) is 0.600. The van der Waals surface area contributed by atoms with Crippen LogP contribution in [-0.4, -0.2) is 47.5 Å². The summed E-state index contributed by atoms with van der Waals surface area (Å²) in [7, 11) is 0. The van der Waals surface area contributed by atoms with Crippen LogP contribution in [0, 0.1) is 0 Å². The molecule has 0 atom stereocenters. The maximum absolute atomic E-state index is 11.8. The molecule has 0 unspecified atom stereocenters. The first-order valence-corrected chi connectivity index (χ1v) is 8.09. The lowest BCUT2D eigenvalue weighted by Gasteiger charge is -2.18. The minimum absolute atomic E-state index is 0.0979. The fraction of sp³-hybridized carbons (Fsp3) is 0.471. The Bertz CT molecular complexity index is 553. The molecule has 0 saturated carbocycles. The van der Waals surface area contributed by atoms with Crippen molar-refractivity contribution in [2.24, 2.45) is 0 Å². The van der Waals surface area contributed by atoms with Crippen molar-refractivity contribution in [2.45, 2.75) is 33.2 Å². The molecular weight excluding hydrogens is 310 g/mol. The Balaban J connectivity index is 2.22. The average molecular weight is 335 g/mol. The minimum atomic E-state index is -0.980. The number of carboxylic acids is 1. The first-order valence-electron chi connectivity index (χ1n) is 8.09. The van der Waals surface area contributed by atoms with Gasteiger partial charge in [-0.3, -0.25) is 4.79 Å². The van der Waals surface area contributed by atoms with Gasteiger partial charge < -0.3 is 20.6 Å². The highest BCUT2D eigenvalue weighted by atomic mass is 16.4. The standard InChI is InChI=1S/C17H25N3O4/c1-3-20(4-2)15(21)6-5-11-18-17(24)19-12-13-7-9-14(10-8-13)16(22)23/h7-10H,3-6,11-12H2,1-2H3,(H,22,23)(H2,18,19,24). The van der Waals surface area contributed by atoms with E-state index in [1.807, 2.05) is 13.8 Å². The second-order valence-corrected chi connectivity index (χ2v) is 5.28. The van der Waals surface area contributed by atoms with Crippen LogP contribution in [0.1, 0.15) is 42.6 Å².